The minimum Gasteiger partial charge on any atom is -0.497 e. The Morgan fingerprint density at radius 1 is 1.33 bits per heavy atom. The third-order valence-electron chi connectivity index (χ3n) is 3.84. The summed E-state index contributed by atoms with van der Waals surface area (Å²) < 4.78 is 7.14. The van der Waals surface area contributed by atoms with Gasteiger partial charge < -0.3 is 19.9 Å². The molecule has 0 saturated heterocycles. The van der Waals surface area contributed by atoms with Crippen LogP contribution >= 0.6 is 0 Å². The van der Waals surface area contributed by atoms with Crippen LogP contribution in [0.1, 0.15) is 25.3 Å². The van der Waals surface area contributed by atoms with E-state index >= 15 is 0 Å². The lowest BCUT2D eigenvalue weighted by Crippen LogP contribution is -2.41. The molecular formula is C18H26N4O2. The molecule has 1 aromatic heterocycles. The van der Waals surface area contributed by atoms with Crippen LogP contribution in [0, 0.1) is 0 Å². The second-order valence-electron chi connectivity index (χ2n) is 5.84. The van der Waals surface area contributed by atoms with Gasteiger partial charge in [0.05, 0.1) is 13.4 Å². The Morgan fingerprint density at radius 2 is 2.12 bits per heavy atom. The molecule has 1 atom stereocenters. The Bertz CT molecular complexity index is 596. The predicted octanol–water partition coefficient (Wildman–Crippen LogP) is 2.60. The van der Waals surface area contributed by atoms with Gasteiger partial charge in [0, 0.05) is 31.5 Å². The van der Waals surface area contributed by atoms with Crippen molar-refractivity contribution in [2.75, 3.05) is 13.7 Å². The molecule has 2 amide bonds. The van der Waals surface area contributed by atoms with Crippen LogP contribution in [0.2, 0.25) is 0 Å². The van der Waals surface area contributed by atoms with E-state index in [2.05, 4.69) is 27.8 Å². The molecule has 2 N–H and O–H groups in total. The molecule has 0 saturated carbocycles. The van der Waals surface area contributed by atoms with Gasteiger partial charge in [0.15, 0.2) is 0 Å². The largest absolute Gasteiger partial charge is 0.497 e. The van der Waals surface area contributed by atoms with E-state index in [9.17, 15) is 4.79 Å². The number of nitrogens with one attached hydrogen (secondary N) is 2. The van der Waals surface area contributed by atoms with E-state index in [1.807, 2.05) is 29.8 Å². The maximum atomic E-state index is 11.9. The lowest BCUT2D eigenvalue weighted by Gasteiger charge is -2.15. The maximum absolute atomic E-state index is 11.9. The highest BCUT2D eigenvalue weighted by molar-refractivity contribution is 5.74. The van der Waals surface area contributed by atoms with Crippen LogP contribution < -0.4 is 15.4 Å². The average molecular weight is 330 g/mol. The van der Waals surface area contributed by atoms with Crippen molar-refractivity contribution in [2.45, 2.75) is 38.8 Å². The summed E-state index contributed by atoms with van der Waals surface area (Å²) in [7, 11) is 1.66. The number of rotatable bonds is 9. The molecule has 6 nitrogen and oxygen atoms in total. The normalized spacial score (nSPS) is 11.8. The van der Waals surface area contributed by atoms with Gasteiger partial charge in [0.25, 0.3) is 0 Å². The molecule has 2 aromatic rings. The van der Waals surface area contributed by atoms with Gasteiger partial charge in [0.2, 0.25) is 0 Å². The zero-order valence-corrected chi connectivity index (χ0v) is 14.4. The maximum Gasteiger partial charge on any atom is 0.314 e. The van der Waals surface area contributed by atoms with Crippen LogP contribution in [-0.2, 0) is 13.0 Å². The van der Waals surface area contributed by atoms with E-state index < -0.39 is 0 Å². The summed E-state index contributed by atoms with van der Waals surface area (Å²) in [4.78, 5) is 15.8. The van der Waals surface area contributed by atoms with Crippen LogP contribution in [0.4, 0.5) is 4.79 Å². The molecular weight excluding hydrogens is 304 g/mol. The number of aryl methyl sites for hydroxylation is 2. The third kappa shape index (κ3) is 6.32. The minimum absolute atomic E-state index is 0.108. The number of nitrogens with zero attached hydrogens (tertiary/aromatic N) is 2. The molecule has 0 fully saturated rings. The number of benzene rings is 1. The van der Waals surface area contributed by atoms with Crippen LogP contribution in [0.25, 0.3) is 0 Å². The van der Waals surface area contributed by atoms with Gasteiger partial charge in [-0.1, -0.05) is 12.1 Å². The molecule has 1 unspecified atom stereocenters. The molecule has 0 aliphatic carbocycles. The van der Waals surface area contributed by atoms with Gasteiger partial charge in [-0.15, -0.1) is 0 Å². The number of urea groups is 1. The molecule has 6 heteroatoms. The quantitative estimate of drug-likeness (QED) is 0.695. The number of imidazole rings is 1. The smallest absolute Gasteiger partial charge is 0.314 e. The van der Waals surface area contributed by atoms with Crippen LogP contribution in [0.5, 0.6) is 5.75 Å². The molecule has 24 heavy (non-hydrogen) atoms. The van der Waals surface area contributed by atoms with E-state index in [1.54, 1.807) is 19.6 Å². The average Bonchev–Trinajstić information content (AvgIpc) is 3.11. The number of methoxy groups -OCH3 is 1. The number of carbonyl (C=O) groups excluding carboxylic acids is 1. The fourth-order valence-electron chi connectivity index (χ4n) is 2.40. The van der Waals surface area contributed by atoms with Gasteiger partial charge in [0.1, 0.15) is 5.75 Å². The lowest BCUT2D eigenvalue weighted by atomic mass is 10.1. The van der Waals surface area contributed by atoms with E-state index in [1.165, 1.54) is 5.56 Å². The van der Waals surface area contributed by atoms with E-state index in [4.69, 9.17) is 4.74 Å². The topological polar surface area (TPSA) is 68.2 Å². The molecule has 0 aliphatic heterocycles. The highest BCUT2D eigenvalue weighted by atomic mass is 16.5. The second-order valence-corrected chi connectivity index (χ2v) is 5.84. The lowest BCUT2D eigenvalue weighted by molar-refractivity contribution is 0.237. The summed E-state index contributed by atoms with van der Waals surface area (Å²) >= 11 is 0. The van der Waals surface area contributed by atoms with E-state index in [0.29, 0.717) is 6.54 Å². The summed E-state index contributed by atoms with van der Waals surface area (Å²) in [5, 5.41) is 5.86. The zero-order chi connectivity index (χ0) is 17.2. The van der Waals surface area contributed by atoms with E-state index in [0.717, 1.165) is 31.6 Å². The molecule has 2 rings (SSSR count). The Balaban J connectivity index is 1.58. The SMILES string of the molecule is COc1ccc(CCC(C)NC(=O)NCCCn2ccnc2)cc1. The molecule has 130 valence electrons. The molecule has 0 bridgehead atoms. The van der Waals surface area contributed by atoms with Gasteiger partial charge in [-0.3, -0.25) is 0 Å². The fraction of sp³-hybridized carbons (Fsp3) is 0.444. The standard InChI is InChI=1S/C18H26N4O2/c1-15(4-5-16-6-8-17(24-2)9-7-16)21-18(23)20-10-3-12-22-13-11-19-14-22/h6-9,11,13-15H,3-5,10,12H2,1-2H3,(H2,20,21,23). The van der Waals surface area contributed by atoms with Crippen molar-refractivity contribution in [1.82, 2.24) is 20.2 Å². The Morgan fingerprint density at radius 3 is 2.79 bits per heavy atom. The summed E-state index contributed by atoms with van der Waals surface area (Å²) in [6, 6.07) is 8.05. The van der Waals surface area contributed by atoms with Crippen molar-refractivity contribution in [3.05, 3.63) is 48.5 Å². The number of hydrogen-bond acceptors (Lipinski definition) is 3. The Kier molecular flexibility index (Phi) is 7.14. The number of hydrogen-bond donors (Lipinski definition) is 2. The first kappa shape index (κ1) is 17.8. The first-order valence-corrected chi connectivity index (χ1v) is 8.30. The summed E-state index contributed by atoms with van der Waals surface area (Å²) in [6.45, 7) is 3.52. The molecule has 0 radical (unpaired) electrons. The highest BCUT2D eigenvalue weighted by Crippen LogP contribution is 2.13. The van der Waals surface area contributed by atoms with E-state index in [-0.39, 0.29) is 12.1 Å². The minimum atomic E-state index is -0.108. The summed E-state index contributed by atoms with van der Waals surface area (Å²) in [6.07, 6.45) is 8.15. The molecule has 0 aliphatic rings. The number of aromatic nitrogens is 2. The van der Waals surface area contributed by atoms with Gasteiger partial charge >= 0.3 is 6.03 Å². The second kappa shape index (κ2) is 9.60. The summed E-state index contributed by atoms with van der Waals surface area (Å²) in [5.74, 6) is 0.861. The van der Waals surface area contributed by atoms with Crippen LogP contribution in [0.15, 0.2) is 43.0 Å². The molecule has 1 aromatic carbocycles. The zero-order valence-electron chi connectivity index (χ0n) is 14.4. The van der Waals surface area contributed by atoms with Crippen molar-refractivity contribution < 1.29 is 9.53 Å². The fourth-order valence-corrected chi connectivity index (χ4v) is 2.40. The monoisotopic (exact) mass is 330 g/mol. The number of carbonyl (C=O) groups is 1. The summed E-state index contributed by atoms with van der Waals surface area (Å²) in [5.41, 5.74) is 1.24. The number of ether oxygens (including phenoxy) is 1. The first-order valence-electron chi connectivity index (χ1n) is 8.30. The molecule has 0 spiro atoms. The third-order valence-corrected chi connectivity index (χ3v) is 3.84. The van der Waals surface area contributed by atoms with Crippen molar-refractivity contribution in [3.8, 4) is 5.75 Å². The molecule has 1 heterocycles. The Labute approximate surface area is 143 Å². The van der Waals surface area contributed by atoms with Crippen molar-refractivity contribution in [3.63, 3.8) is 0 Å². The van der Waals surface area contributed by atoms with Gasteiger partial charge in [-0.05, 0) is 43.9 Å². The van der Waals surface area contributed by atoms with Crippen molar-refractivity contribution in [2.24, 2.45) is 0 Å². The van der Waals surface area contributed by atoms with Gasteiger partial charge in [-0.2, -0.15) is 0 Å². The van der Waals surface area contributed by atoms with Crippen LogP contribution in [0.3, 0.4) is 0 Å². The van der Waals surface area contributed by atoms with Crippen molar-refractivity contribution in [1.29, 1.82) is 0 Å². The predicted molar refractivity (Wildman–Crippen MR) is 94.2 cm³/mol. The highest BCUT2D eigenvalue weighted by Gasteiger charge is 2.07. The first-order chi connectivity index (χ1) is 11.7. The Hall–Kier alpha value is -2.50. The van der Waals surface area contributed by atoms with Crippen LogP contribution in [-0.4, -0.2) is 35.3 Å². The van der Waals surface area contributed by atoms with Gasteiger partial charge in [-0.25, -0.2) is 9.78 Å². The van der Waals surface area contributed by atoms with Crippen molar-refractivity contribution >= 4 is 6.03 Å². The number of amides is 2.